The average molecular weight is 389 g/mol. The first-order valence-electron chi connectivity index (χ1n) is 9.14. The van der Waals surface area contributed by atoms with Crippen LogP contribution in [0.4, 0.5) is 0 Å². The SMILES string of the molecule is COC(=O)COc1ccc(C=C(CNC(C)=O)B2OC(C)(C)C(C)(C)O2)cc1. The minimum Gasteiger partial charge on any atom is -0.482 e. The smallest absolute Gasteiger partial charge is 0.482 e. The van der Waals surface area contributed by atoms with Gasteiger partial charge in [-0.15, -0.1) is 0 Å². The van der Waals surface area contributed by atoms with Gasteiger partial charge in [0, 0.05) is 13.5 Å². The van der Waals surface area contributed by atoms with Crippen LogP contribution in [0.3, 0.4) is 0 Å². The molecule has 1 aliphatic rings. The molecule has 0 saturated carbocycles. The molecule has 1 aromatic rings. The Morgan fingerprint density at radius 1 is 1.11 bits per heavy atom. The average Bonchev–Trinajstić information content (AvgIpc) is 2.84. The zero-order chi connectivity index (χ0) is 20.9. The molecule has 1 aromatic carbocycles. The lowest BCUT2D eigenvalue weighted by molar-refractivity contribution is -0.142. The third kappa shape index (κ3) is 5.59. The fraction of sp³-hybridized carbons (Fsp3) is 0.500. The third-order valence-corrected chi connectivity index (χ3v) is 4.91. The minimum atomic E-state index is -0.563. The van der Waals surface area contributed by atoms with E-state index in [1.54, 1.807) is 12.1 Å². The molecular formula is C20H28BNO6. The lowest BCUT2D eigenvalue weighted by Gasteiger charge is -2.32. The lowest BCUT2D eigenvalue weighted by atomic mass is 9.77. The first-order chi connectivity index (χ1) is 13.0. The molecule has 152 valence electrons. The molecule has 2 rings (SSSR count). The van der Waals surface area contributed by atoms with Crippen LogP contribution in [0.5, 0.6) is 5.75 Å². The van der Waals surface area contributed by atoms with E-state index >= 15 is 0 Å². The highest BCUT2D eigenvalue weighted by Crippen LogP contribution is 2.38. The Kier molecular flexibility index (Phi) is 6.90. The van der Waals surface area contributed by atoms with Gasteiger partial charge >= 0.3 is 13.1 Å². The second kappa shape index (κ2) is 8.79. The molecule has 0 spiro atoms. The highest BCUT2D eigenvalue weighted by molar-refractivity contribution is 6.56. The van der Waals surface area contributed by atoms with E-state index in [4.69, 9.17) is 14.0 Å². The number of amides is 1. The van der Waals surface area contributed by atoms with E-state index in [1.807, 2.05) is 45.9 Å². The van der Waals surface area contributed by atoms with E-state index in [9.17, 15) is 9.59 Å². The number of esters is 1. The summed E-state index contributed by atoms with van der Waals surface area (Å²) in [4.78, 5) is 22.5. The molecule has 0 unspecified atom stereocenters. The Balaban J connectivity index is 2.18. The predicted octanol–water partition coefficient (Wildman–Crippen LogP) is 2.39. The Morgan fingerprint density at radius 2 is 1.68 bits per heavy atom. The van der Waals surface area contributed by atoms with E-state index in [-0.39, 0.29) is 12.5 Å². The first-order valence-corrected chi connectivity index (χ1v) is 9.14. The van der Waals surface area contributed by atoms with Gasteiger partial charge < -0.3 is 24.1 Å². The molecule has 1 aliphatic heterocycles. The maximum atomic E-state index is 11.4. The fourth-order valence-electron chi connectivity index (χ4n) is 2.50. The van der Waals surface area contributed by atoms with Crippen molar-refractivity contribution in [3.8, 4) is 5.75 Å². The van der Waals surface area contributed by atoms with Crippen LogP contribution in [0, 0.1) is 0 Å². The molecule has 28 heavy (non-hydrogen) atoms. The van der Waals surface area contributed by atoms with E-state index in [0.29, 0.717) is 12.3 Å². The van der Waals surface area contributed by atoms with Crippen molar-refractivity contribution >= 4 is 25.1 Å². The van der Waals surface area contributed by atoms with Crippen LogP contribution in [0.1, 0.15) is 40.2 Å². The normalized spacial score (nSPS) is 17.9. The summed E-state index contributed by atoms with van der Waals surface area (Å²) in [5.74, 6) is -0.0158. The largest absolute Gasteiger partial charge is 0.492 e. The summed E-state index contributed by atoms with van der Waals surface area (Å²) in [5, 5.41) is 2.80. The number of carbonyl (C=O) groups excluding carboxylic acids is 2. The Labute approximate surface area is 166 Å². The van der Waals surface area contributed by atoms with Crippen molar-refractivity contribution in [2.45, 2.75) is 45.8 Å². The van der Waals surface area contributed by atoms with Crippen LogP contribution < -0.4 is 10.1 Å². The summed E-state index contributed by atoms with van der Waals surface area (Å²) in [5.41, 5.74) is 0.745. The topological polar surface area (TPSA) is 83.1 Å². The highest BCUT2D eigenvalue weighted by Gasteiger charge is 2.52. The van der Waals surface area contributed by atoms with Gasteiger partial charge in [-0.05, 0) is 50.9 Å². The van der Waals surface area contributed by atoms with Crippen molar-refractivity contribution in [2.75, 3.05) is 20.3 Å². The van der Waals surface area contributed by atoms with E-state index < -0.39 is 24.3 Å². The number of carbonyl (C=O) groups is 2. The highest BCUT2D eigenvalue weighted by atomic mass is 16.7. The van der Waals surface area contributed by atoms with Crippen LogP contribution in [0.15, 0.2) is 29.7 Å². The number of methoxy groups -OCH3 is 1. The van der Waals surface area contributed by atoms with Gasteiger partial charge in [-0.3, -0.25) is 4.79 Å². The number of nitrogens with one attached hydrogen (secondary N) is 1. The summed E-state index contributed by atoms with van der Waals surface area (Å²) in [6.45, 7) is 9.56. The molecule has 0 atom stereocenters. The number of rotatable bonds is 7. The van der Waals surface area contributed by atoms with Gasteiger partial charge in [-0.2, -0.15) is 0 Å². The van der Waals surface area contributed by atoms with Gasteiger partial charge in [-0.25, -0.2) is 4.79 Å². The molecule has 1 amide bonds. The second-order valence-corrected chi connectivity index (χ2v) is 7.65. The third-order valence-electron chi connectivity index (χ3n) is 4.91. The maximum absolute atomic E-state index is 11.4. The van der Waals surface area contributed by atoms with Crippen LogP contribution in [-0.2, 0) is 23.6 Å². The fourth-order valence-corrected chi connectivity index (χ4v) is 2.50. The summed E-state index contributed by atoms with van der Waals surface area (Å²) in [6, 6.07) is 7.22. The quantitative estimate of drug-likeness (QED) is 0.570. The van der Waals surface area contributed by atoms with Crippen LogP contribution in [-0.4, -0.2) is 50.5 Å². The minimum absolute atomic E-state index is 0.131. The summed E-state index contributed by atoms with van der Waals surface area (Å²) >= 11 is 0. The van der Waals surface area contributed by atoms with Gasteiger partial charge in [0.1, 0.15) is 5.75 Å². The lowest BCUT2D eigenvalue weighted by Crippen LogP contribution is -2.41. The zero-order valence-electron chi connectivity index (χ0n) is 17.3. The summed E-state index contributed by atoms with van der Waals surface area (Å²) in [6.07, 6.45) is 1.92. The van der Waals surface area contributed by atoms with Crippen molar-refractivity contribution < 1.29 is 28.4 Å². The summed E-state index contributed by atoms with van der Waals surface area (Å²) < 4.78 is 22.1. The summed E-state index contributed by atoms with van der Waals surface area (Å²) in [7, 11) is 0.749. The Morgan fingerprint density at radius 3 is 2.18 bits per heavy atom. The predicted molar refractivity (Wildman–Crippen MR) is 107 cm³/mol. The zero-order valence-corrected chi connectivity index (χ0v) is 17.3. The Bertz CT molecular complexity index is 726. The Hall–Kier alpha value is -2.32. The van der Waals surface area contributed by atoms with Crippen molar-refractivity contribution in [1.29, 1.82) is 0 Å². The molecule has 1 fully saturated rings. The van der Waals surface area contributed by atoms with E-state index in [1.165, 1.54) is 14.0 Å². The first kappa shape index (κ1) is 22.0. The van der Waals surface area contributed by atoms with Gasteiger partial charge in [0.15, 0.2) is 6.61 Å². The molecule has 0 bridgehead atoms. The number of hydrogen-bond donors (Lipinski definition) is 1. The number of benzene rings is 1. The number of ether oxygens (including phenoxy) is 2. The van der Waals surface area contributed by atoms with Gasteiger partial charge in [0.05, 0.1) is 18.3 Å². The molecule has 1 saturated heterocycles. The molecule has 1 N–H and O–H groups in total. The van der Waals surface area contributed by atoms with Crippen molar-refractivity contribution in [2.24, 2.45) is 0 Å². The standard InChI is InChI=1S/C20H28BNO6/c1-14(23)22-12-16(21-27-19(2,3)20(4,5)28-21)11-15-7-9-17(10-8-15)26-13-18(24)25-6/h7-11H,12-13H2,1-6H3,(H,22,23). The molecule has 0 aromatic heterocycles. The van der Waals surface area contributed by atoms with Crippen molar-refractivity contribution in [1.82, 2.24) is 5.32 Å². The van der Waals surface area contributed by atoms with Gasteiger partial charge in [0.2, 0.25) is 5.91 Å². The van der Waals surface area contributed by atoms with E-state index in [0.717, 1.165) is 11.0 Å². The molecule has 0 radical (unpaired) electrons. The monoisotopic (exact) mass is 389 g/mol. The molecule has 7 nitrogen and oxygen atoms in total. The van der Waals surface area contributed by atoms with Gasteiger partial charge in [-0.1, -0.05) is 18.2 Å². The van der Waals surface area contributed by atoms with Crippen molar-refractivity contribution in [3.05, 3.63) is 35.3 Å². The second-order valence-electron chi connectivity index (χ2n) is 7.65. The maximum Gasteiger partial charge on any atom is 0.492 e. The van der Waals surface area contributed by atoms with Crippen LogP contribution >= 0.6 is 0 Å². The molecule has 1 heterocycles. The van der Waals surface area contributed by atoms with E-state index in [2.05, 4.69) is 10.1 Å². The van der Waals surface area contributed by atoms with Gasteiger partial charge in [0.25, 0.3) is 0 Å². The number of hydrogen-bond acceptors (Lipinski definition) is 6. The van der Waals surface area contributed by atoms with Crippen LogP contribution in [0.2, 0.25) is 0 Å². The molecule has 0 aliphatic carbocycles. The van der Waals surface area contributed by atoms with Crippen molar-refractivity contribution in [3.63, 3.8) is 0 Å². The molecular weight excluding hydrogens is 361 g/mol. The van der Waals surface area contributed by atoms with Crippen LogP contribution in [0.25, 0.3) is 6.08 Å². The molecule has 8 heteroatoms.